The molecule has 0 radical (unpaired) electrons. The Balaban J connectivity index is 1.67. The molecule has 96 valence electrons. The number of hydrogen-bond donors (Lipinski definition) is 1. The van der Waals surface area contributed by atoms with E-state index in [1.54, 1.807) is 6.20 Å². The number of aryl methyl sites for hydroxylation is 1. The molecule has 0 aliphatic heterocycles. The Hall–Kier alpha value is -2.27. The number of nitrogens with zero attached hydrogens (tertiary/aromatic N) is 4. The molecule has 3 aromatic rings. The zero-order valence-electron chi connectivity index (χ0n) is 10.7. The lowest BCUT2D eigenvalue weighted by molar-refractivity contribution is 0.630. The van der Waals surface area contributed by atoms with Crippen LogP contribution in [0.4, 0.5) is 0 Å². The van der Waals surface area contributed by atoms with Crippen molar-refractivity contribution in [2.45, 2.75) is 13.1 Å². The van der Waals surface area contributed by atoms with Gasteiger partial charge in [-0.3, -0.25) is 4.98 Å². The first-order valence-electron chi connectivity index (χ1n) is 6.20. The van der Waals surface area contributed by atoms with Crippen LogP contribution >= 0.6 is 0 Å². The molecular weight excluding hydrogens is 238 g/mol. The maximum atomic E-state index is 4.56. The highest BCUT2D eigenvalue weighted by molar-refractivity contribution is 5.73. The highest BCUT2D eigenvalue weighted by Gasteiger charge is 2.01. The fraction of sp³-hybridized carbons (Fsp3) is 0.214. The zero-order chi connectivity index (χ0) is 13.1. The second kappa shape index (κ2) is 5.16. The normalized spacial score (nSPS) is 11.0. The standard InChI is InChI=1S/C14H15N5/c1-19-7-6-16-14(19)10-15-8-11-9-17-12-4-2-3-5-13(12)18-11/h2-7,9,15H,8,10H2,1H3. The number of hydrogen-bond acceptors (Lipinski definition) is 4. The van der Waals surface area contributed by atoms with Gasteiger partial charge in [-0.2, -0.15) is 0 Å². The Morgan fingerprint density at radius 3 is 2.74 bits per heavy atom. The van der Waals surface area contributed by atoms with Gasteiger partial charge in [-0.1, -0.05) is 12.1 Å². The number of nitrogens with one attached hydrogen (secondary N) is 1. The van der Waals surface area contributed by atoms with Gasteiger partial charge >= 0.3 is 0 Å². The summed E-state index contributed by atoms with van der Waals surface area (Å²) < 4.78 is 2.00. The maximum absolute atomic E-state index is 4.56. The van der Waals surface area contributed by atoms with Gasteiger partial charge in [0.15, 0.2) is 0 Å². The topological polar surface area (TPSA) is 55.6 Å². The molecule has 0 spiro atoms. The predicted octanol–water partition coefficient (Wildman–Crippen LogP) is 1.65. The molecule has 5 heteroatoms. The van der Waals surface area contributed by atoms with E-state index in [1.165, 1.54) is 0 Å². The third-order valence-corrected chi connectivity index (χ3v) is 3.01. The molecule has 0 fully saturated rings. The number of imidazole rings is 1. The third-order valence-electron chi connectivity index (χ3n) is 3.01. The van der Waals surface area contributed by atoms with Gasteiger partial charge in [-0.25, -0.2) is 9.97 Å². The molecular formula is C14H15N5. The van der Waals surface area contributed by atoms with E-state index in [4.69, 9.17) is 0 Å². The molecule has 0 unspecified atom stereocenters. The van der Waals surface area contributed by atoms with E-state index in [2.05, 4.69) is 20.3 Å². The van der Waals surface area contributed by atoms with E-state index < -0.39 is 0 Å². The molecule has 0 bridgehead atoms. The summed E-state index contributed by atoms with van der Waals surface area (Å²) in [5.41, 5.74) is 2.79. The van der Waals surface area contributed by atoms with Crippen molar-refractivity contribution in [3.63, 3.8) is 0 Å². The quantitative estimate of drug-likeness (QED) is 0.768. The van der Waals surface area contributed by atoms with Gasteiger partial charge in [-0.15, -0.1) is 0 Å². The molecule has 0 amide bonds. The summed E-state index contributed by atoms with van der Waals surface area (Å²) in [7, 11) is 1.99. The first-order chi connectivity index (χ1) is 9.33. The summed E-state index contributed by atoms with van der Waals surface area (Å²) >= 11 is 0. The Kier molecular flexibility index (Phi) is 3.20. The van der Waals surface area contributed by atoms with Crippen LogP contribution in [0.1, 0.15) is 11.5 Å². The molecule has 1 N–H and O–H groups in total. The highest BCUT2D eigenvalue weighted by atomic mass is 15.1. The molecule has 1 aromatic carbocycles. The van der Waals surface area contributed by atoms with Crippen LogP contribution in [0.5, 0.6) is 0 Å². The van der Waals surface area contributed by atoms with Crippen molar-refractivity contribution in [1.82, 2.24) is 24.8 Å². The fourth-order valence-electron chi connectivity index (χ4n) is 1.95. The minimum absolute atomic E-state index is 0.685. The molecule has 5 nitrogen and oxygen atoms in total. The SMILES string of the molecule is Cn1ccnc1CNCc1cnc2ccccc2n1. The number of fused-ring (bicyclic) bond motifs is 1. The maximum Gasteiger partial charge on any atom is 0.122 e. The predicted molar refractivity (Wildman–Crippen MR) is 73.3 cm³/mol. The molecule has 0 atom stereocenters. The number of aromatic nitrogens is 4. The van der Waals surface area contributed by atoms with Crippen LogP contribution in [0.25, 0.3) is 11.0 Å². The number of benzene rings is 1. The van der Waals surface area contributed by atoms with E-state index in [1.807, 2.05) is 48.3 Å². The average Bonchev–Trinajstić information content (AvgIpc) is 2.84. The molecule has 2 heterocycles. The first kappa shape index (κ1) is 11.8. The second-order valence-corrected chi connectivity index (χ2v) is 4.41. The van der Waals surface area contributed by atoms with Gasteiger partial charge in [0.1, 0.15) is 5.82 Å². The minimum Gasteiger partial charge on any atom is -0.337 e. The Morgan fingerprint density at radius 2 is 1.95 bits per heavy atom. The monoisotopic (exact) mass is 253 g/mol. The summed E-state index contributed by atoms with van der Waals surface area (Å²) in [6, 6.07) is 7.89. The number of rotatable bonds is 4. The summed E-state index contributed by atoms with van der Waals surface area (Å²) in [4.78, 5) is 13.2. The molecule has 2 aromatic heterocycles. The third kappa shape index (κ3) is 2.61. The van der Waals surface area contributed by atoms with Gasteiger partial charge in [-0.05, 0) is 12.1 Å². The van der Waals surface area contributed by atoms with Gasteiger partial charge in [0, 0.05) is 26.0 Å². The van der Waals surface area contributed by atoms with Gasteiger partial charge in [0.05, 0.1) is 29.5 Å². The lowest BCUT2D eigenvalue weighted by atomic mass is 10.3. The highest BCUT2D eigenvalue weighted by Crippen LogP contribution is 2.08. The van der Waals surface area contributed by atoms with Gasteiger partial charge < -0.3 is 9.88 Å². The van der Waals surface area contributed by atoms with Crippen LogP contribution in [0.3, 0.4) is 0 Å². The van der Waals surface area contributed by atoms with Crippen molar-refractivity contribution in [2.24, 2.45) is 7.05 Å². The van der Waals surface area contributed by atoms with Crippen LogP contribution < -0.4 is 5.32 Å². The Bertz CT molecular complexity index is 689. The zero-order valence-corrected chi connectivity index (χ0v) is 10.7. The summed E-state index contributed by atoms with van der Waals surface area (Å²) in [5.74, 6) is 1.01. The van der Waals surface area contributed by atoms with Crippen molar-refractivity contribution >= 4 is 11.0 Å². The van der Waals surface area contributed by atoms with Crippen LogP contribution in [0.2, 0.25) is 0 Å². The smallest absolute Gasteiger partial charge is 0.122 e. The van der Waals surface area contributed by atoms with E-state index >= 15 is 0 Å². The summed E-state index contributed by atoms with van der Waals surface area (Å²) in [6.45, 7) is 1.41. The summed E-state index contributed by atoms with van der Waals surface area (Å²) in [6.07, 6.45) is 5.55. The fourth-order valence-corrected chi connectivity index (χ4v) is 1.95. The molecule has 0 saturated heterocycles. The van der Waals surface area contributed by atoms with Gasteiger partial charge in [0.25, 0.3) is 0 Å². The number of para-hydroxylation sites is 2. The van der Waals surface area contributed by atoms with Crippen LogP contribution in [-0.2, 0) is 20.1 Å². The summed E-state index contributed by atoms with van der Waals surface area (Å²) in [5, 5.41) is 3.32. The van der Waals surface area contributed by atoms with Crippen LogP contribution in [0.15, 0.2) is 42.9 Å². The molecule has 19 heavy (non-hydrogen) atoms. The first-order valence-corrected chi connectivity index (χ1v) is 6.20. The van der Waals surface area contributed by atoms with Crippen molar-refractivity contribution < 1.29 is 0 Å². The van der Waals surface area contributed by atoms with E-state index in [0.29, 0.717) is 6.54 Å². The Morgan fingerprint density at radius 1 is 1.11 bits per heavy atom. The van der Waals surface area contributed by atoms with Crippen molar-refractivity contribution in [2.75, 3.05) is 0 Å². The lowest BCUT2D eigenvalue weighted by Crippen LogP contribution is -2.16. The van der Waals surface area contributed by atoms with Crippen molar-refractivity contribution in [1.29, 1.82) is 0 Å². The van der Waals surface area contributed by atoms with Crippen molar-refractivity contribution in [3.8, 4) is 0 Å². The second-order valence-electron chi connectivity index (χ2n) is 4.41. The Labute approximate surface area is 111 Å². The van der Waals surface area contributed by atoms with E-state index in [9.17, 15) is 0 Å². The van der Waals surface area contributed by atoms with Crippen molar-refractivity contribution in [3.05, 3.63) is 54.4 Å². The van der Waals surface area contributed by atoms with Crippen LogP contribution in [0, 0.1) is 0 Å². The van der Waals surface area contributed by atoms with Crippen LogP contribution in [-0.4, -0.2) is 19.5 Å². The molecule has 0 aliphatic carbocycles. The van der Waals surface area contributed by atoms with E-state index in [0.717, 1.165) is 29.1 Å². The average molecular weight is 253 g/mol. The largest absolute Gasteiger partial charge is 0.337 e. The molecule has 3 rings (SSSR count). The molecule has 0 aliphatic rings. The van der Waals surface area contributed by atoms with Gasteiger partial charge in [0.2, 0.25) is 0 Å². The minimum atomic E-state index is 0.685. The molecule has 0 saturated carbocycles. The van der Waals surface area contributed by atoms with E-state index in [-0.39, 0.29) is 0 Å². The lowest BCUT2D eigenvalue weighted by Gasteiger charge is -2.05.